The Hall–Kier alpha value is -1.88. The molecule has 2 N–H and O–H groups in total. The van der Waals surface area contributed by atoms with Crippen molar-refractivity contribution in [2.75, 3.05) is 11.9 Å². The van der Waals surface area contributed by atoms with Crippen LogP contribution >= 0.6 is 12.2 Å². The van der Waals surface area contributed by atoms with Crippen molar-refractivity contribution in [3.05, 3.63) is 40.6 Å². The number of benzene rings is 1. The fourth-order valence-electron chi connectivity index (χ4n) is 2.59. The van der Waals surface area contributed by atoms with Crippen LogP contribution in [0.4, 0.5) is 11.5 Å². The molecule has 0 fully saturated rings. The molecule has 4 nitrogen and oxygen atoms in total. The van der Waals surface area contributed by atoms with Crippen LogP contribution in [-0.4, -0.2) is 21.8 Å². The van der Waals surface area contributed by atoms with Gasteiger partial charge in [0.25, 0.3) is 0 Å². The Balaban J connectivity index is 2.58. The maximum atomic E-state index is 5.86. The van der Waals surface area contributed by atoms with Gasteiger partial charge < -0.3 is 10.6 Å². The first-order valence-electron chi connectivity index (χ1n) is 6.46. The quantitative estimate of drug-likeness (QED) is 0.882. The SMILES string of the molecule is Cc1cc(C)cc(N(C)c2c(C(N)=S)c(C)nn2C)c1. The van der Waals surface area contributed by atoms with Gasteiger partial charge in [0, 0.05) is 19.8 Å². The Bertz CT molecular complexity index is 653. The first-order chi connectivity index (χ1) is 9.31. The van der Waals surface area contributed by atoms with Crippen molar-refractivity contribution < 1.29 is 0 Å². The van der Waals surface area contributed by atoms with Crippen LogP contribution in [0.25, 0.3) is 0 Å². The number of aromatic nitrogens is 2. The summed E-state index contributed by atoms with van der Waals surface area (Å²) in [5.74, 6) is 0.917. The highest BCUT2D eigenvalue weighted by Gasteiger charge is 2.20. The topological polar surface area (TPSA) is 47.1 Å². The zero-order valence-corrected chi connectivity index (χ0v) is 13.4. The lowest BCUT2D eigenvalue weighted by molar-refractivity contribution is 0.750. The molecule has 0 bridgehead atoms. The molecule has 0 spiro atoms. The van der Waals surface area contributed by atoms with Gasteiger partial charge in [-0.25, -0.2) is 0 Å². The predicted molar refractivity (Wildman–Crippen MR) is 87.8 cm³/mol. The van der Waals surface area contributed by atoms with E-state index in [-0.39, 0.29) is 0 Å². The van der Waals surface area contributed by atoms with Crippen LogP contribution in [0.5, 0.6) is 0 Å². The van der Waals surface area contributed by atoms with Gasteiger partial charge in [0.2, 0.25) is 0 Å². The minimum atomic E-state index is 0.377. The van der Waals surface area contributed by atoms with E-state index in [1.807, 2.05) is 25.7 Å². The number of aryl methyl sites for hydroxylation is 4. The molecule has 2 aromatic rings. The highest BCUT2D eigenvalue weighted by molar-refractivity contribution is 7.80. The third-order valence-electron chi connectivity index (χ3n) is 3.35. The number of nitrogens with zero attached hydrogens (tertiary/aromatic N) is 3. The summed E-state index contributed by atoms with van der Waals surface area (Å²) in [5.41, 5.74) is 11.1. The molecule has 5 heteroatoms. The van der Waals surface area contributed by atoms with Crippen molar-refractivity contribution in [3.63, 3.8) is 0 Å². The number of hydrogen-bond acceptors (Lipinski definition) is 3. The van der Waals surface area contributed by atoms with Gasteiger partial charge in [0.15, 0.2) is 0 Å². The summed E-state index contributed by atoms with van der Waals surface area (Å²) in [5, 5.41) is 4.43. The van der Waals surface area contributed by atoms with E-state index in [0.717, 1.165) is 22.8 Å². The molecular weight excluding hydrogens is 268 g/mol. The van der Waals surface area contributed by atoms with Crippen molar-refractivity contribution in [1.82, 2.24) is 9.78 Å². The first-order valence-corrected chi connectivity index (χ1v) is 6.87. The summed E-state index contributed by atoms with van der Waals surface area (Å²) in [6.07, 6.45) is 0. The van der Waals surface area contributed by atoms with E-state index >= 15 is 0 Å². The van der Waals surface area contributed by atoms with Crippen LogP contribution in [0.2, 0.25) is 0 Å². The summed E-state index contributed by atoms with van der Waals surface area (Å²) in [7, 11) is 3.91. The van der Waals surface area contributed by atoms with E-state index in [4.69, 9.17) is 18.0 Å². The Morgan fingerprint density at radius 1 is 1.20 bits per heavy atom. The van der Waals surface area contributed by atoms with Gasteiger partial charge in [-0.15, -0.1) is 0 Å². The fourth-order valence-corrected chi connectivity index (χ4v) is 2.82. The Labute approximate surface area is 125 Å². The van der Waals surface area contributed by atoms with Gasteiger partial charge in [-0.2, -0.15) is 5.10 Å². The van der Waals surface area contributed by atoms with Crippen LogP contribution in [0.1, 0.15) is 22.4 Å². The molecule has 1 heterocycles. The lowest BCUT2D eigenvalue weighted by Gasteiger charge is -2.22. The van der Waals surface area contributed by atoms with Gasteiger partial charge in [-0.05, 0) is 44.0 Å². The second-order valence-electron chi connectivity index (χ2n) is 5.18. The zero-order valence-electron chi connectivity index (χ0n) is 12.6. The minimum Gasteiger partial charge on any atom is -0.389 e. The van der Waals surface area contributed by atoms with Crippen LogP contribution in [-0.2, 0) is 7.05 Å². The maximum absolute atomic E-state index is 5.86. The van der Waals surface area contributed by atoms with E-state index in [0.29, 0.717) is 4.99 Å². The second kappa shape index (κ2) is 5.25. The Morgan fingerprint density at radius 2 is 1.75 bits per heavy atom. The summed E-state index contributed by atoms with van der Waals surface area (Å²) in [6.45, 7) is 6.11. The third-order valence-corrected chi connectivity index (χ3v) is 3.55. The molecule has 0 atom stereocenters. The highest BCUT2D eigenvalue weighted by Crippen LogP contribution is 2.29. The van der Waals surface area contributed by atoms with Crippen molar-refractivity contribution in [2.24, 2.45) is 12.8 Å². The van der Waals surface area contributed by atoms with Crippen LogP contribution < -0.4 is 10.6 Å². The maximum Gasteiger partial charge on any atom is 0.141 e. The molecular formula is C15H20N4S. The standard InChI is InChI=1S/C15H20N4S/c1-9-6-10(2)8-12(7-9)18(4)15-13(14(16)20)11(3)17-19(15)5/h6-8H,1-5H3,(H2,16,20). The van der Waals surface area contributed by atoms with Gasteiger partial charge in [0.05, 0.1) is 11.3 Å². The summed E-state index contributed by atoms with van der Waals surface area (Å²) in [6, 6.07) is 6.43. The summed E-state index contributed by atoms with van der Waals surface area (Å²) < 4.78 is 1.82. The van der Waals surface area contributed by atoms with E-state index in [1.54, 1.807) is 0 Å². The van der Waals surface area contributed by atoms with Crippen molar-refractivity contribution in [2.45, 2.75) is 20.8 Å². The van der Waals surface area contributed by atoms with E-state index in [1.165, 1.54) is 11.1 Å². The molecule has 0 saturated heterocycles. The van der Waals surface area contributed by atoms with Crippen LogP contribution in [0.15, 0.2) is 18.2 Å². The number of nitrogens with two attached hydrogens (primary N) is 1. The molecule has 0 amide bonds. The first kappa shape index (κ1) is 14.5. The predicted octanol–water partition coefficient (Wildman–Crippen LogP) is 2.75. The fraction of sp³-hybridized carbons (Fsp3) is 0.333. The number of rotatable bonds is 3. The van der Waals surface area contributed by atoms with Crippen molar-refractivity contribution >= 4 is 28.7 Å². The van der Waals surface area contributed by atoms with Gasteiger partial charge in [-0.1, -0.05) is 18.3 Å². The van der Waals surface area contributed by atoms with E-state index in [2.05, 4.69) is 42.0 Å². The number of thiocarbonyl (C=S) groups is 1. The number of hydrogen-bond donors (Lipinski definition) is 1. The lowest BCUT2D eigenvalue weighted by atomic mass is 10.1. The average molecular weight is 288 g/mol. The van der Waals surface area contributed by atoms with E-state index < -0.39 is 0 Å². The summed E-state index contributed by atoms with van der Waals surface area (Å²) in [4.78, 5) is 2.45. The molecule has 0 saturated carbocycles. The molecule has 20 heavy (non-hydrogen) atoms. The second-order valence-corrected chi connectivity index (χ2v) is 5.62. The zero-order chi connectivity index (χ0) is 15.0. The smallest absolute Gasteiger partial charge is 0.141 e. The van der Waals surface area contributed by atoms with Gasteiger partial charge >= 0.3 is 0 Å². The molecule has 106 valence electrons. The average Bonchev–Trinajstić information content (AvgIpc) is 2.62. The van der Waals surface area contributed by atoms with Crippen LogP contribution in [0, 0.1) is 20.8 Å². The van der Waals surface area contributed by atoms with Crippen LogP contribution in [0.3, 0.4) is 0 Å². The van der Waals surface area contributed by atoms with E-state index in [9.17, 15) is 0 Å². The minimum absolute atomic E-state index is 0.377. The molecule has 0 aliphatic heterocycles. The molecule has 1 aromatic heterocycles. The molecule has 1 aromatic carbocycles. The van der Waals surface area contributed by atoms with Gasteiger partial charge in [-0.3, -0.25) is 4.68 Å². The third kappa shape index (κ3) is 2.54. The molecule has 2 rings (SSSR count). The molecule has 0 radical (unpaired) electrons. The molecule has 0 unspecified atom stereocenters. The van der Waals surface area contributed by atoms with Gasteiger partial charge in [0.1, 0.15) is 10.8 Å². The lowest BCUT2D eigenvalue weighted by Crippen LogP contribution is -2.19. The Kier molecular flexibility index (Phi) is 3.81. The molecule has 0 aliphatic rings. The van der Waals surface area contributed by atoms with Crippen molar-refractivity contribution in [1.29, 1.82) is 0 Å². The monoisotopic (exact) mass is 288 g/mol. The normalized spacial score (nSPS) is 10.7. The van der Waals surface area contributed by atoms with Crippen molar-refractivity contribution in [3.8, 4) is 0 Å². The highest BCUT2D eigenvalue weighted by atomic mass is 32.1. The Morgan fingerprint density at radius 3 is 2.25 bits per heavy atom. The number of anilines is 2. The summed E-state index contributed by atoms with van der Waals surface area (Å²) >= 11 is 5.17. The largest absolute Gasteiger partial charge is 0.389 e. The molecule has 0 aliphatic carbocycles.